The van der Waals surface area contributed by atoms with Gasteiger partial charge in [-0.25, -0.2) is 4.79 Å². The minimum atomic E-state index is -0.864. The van der Waals surface area contributed by atoms with Gasteiger partial charge in [-0.15, -0.1) is 0 Å². The van der Waals surface area contributed by atoms with Gasteiger partial charge in [0.25, 0.3) is 0 Å². The van der Waals surface area contributed by atoms with Crippen molar-refractivity contribution in [3.05, 3.63) is 29.3 Å². The van der Waals surface area contributed by atoms with Crippen LogP contribution in [0.15, 0.2) is 18.2 Å². The fourth-order valence-electron chi connectivity index (χ4n) is 1.91. The SMILES string of the molecule is CCN(c1ccc(C(=O)O)c(C)c1)C(C)C. The molecule has 0 aliphatic rings. The Morgan fingerprint density at radius 3 is 2.44 bits per heavy atom. The maximum atomic E-state index is 10.9. The number of anilines is 1. The third-order valence-corrected chi connectivity index (χ3v) is 2.74. The smallest absolute Gasteiger partial charge is 0.335 e. The molecular formula is C13H19NO2. The summed E-state index contributed by atoms with van der Waals surface area (Å²) in [5.41, 5.74) is 2.27. The van der Waals surface area contributed by atoms with Crippen molar-refractivity contribution in [2.75, 3.05) is 11.4 Å². The van der Waals surface area contributed by atoms with Crippen molar-refractivity contribution in [3.8, 4) is 0 Å². The number of aryl methyl sites for hydroxylation is 1. The van der Waals surface area contributed by atoms with E-state index in [0.717, 1.165) is 17.8 Å². The normalized spacial score (nSPS) is 10.6. The van der Waals surface area contributed by atoms with Crippen molar-refractivity contribution in [1.29, 1.82) is 0 Å². The van der Waals surface area contributed by atoms with Crippen LogP contribution in [-0.2, 0) is 0 Å². The maximum absolute atomic E-state index is 10.9. The molecule has 16 heavy (non-hydrogen) atoms. The average molecular weight is 221 g/mol. The van der Waals surface area contributed by atoms with Crippen molar-refractivity contribution in [2.45, 2.75) is 33.7 Å². The average Bonchev–Trinajstić information content (AvgIpc) is 2.17. The van der Waals surface area contributed by atoms with Crippen molar-refractivity contribution in [2.24, 2.45) is 0 Å². The zero-order chi connectivity index (χ0) is 12.3. The minimum absolute atomic E-state index is 0.378. The molecule has 0 radical (unpaired) electrons. The lowest BCUT2D eigenvalue weighted by atomic mass is 10.1. The highest BCUT2D eigenvalue weighted by Gasteiger charge is 2.12. The maximum Gasteiger partial charge on any atom is 0.335 e. The third kappa shape index (κ3) is 2.54. The van der Waals surface area contributed by atoms with Gasteiger partial charge in [0.15, 0.2) is 0 Å². The summed E-state index contributed by atoms with van der Waals surface area (Å²) in [4.78, 5) is 13.1. The van der Waals surface area contributed by atoms with Gasteiger partial charge >= 0.3 is 5.97 Å². The molecule has 0 atom stereocenters. The van der Waals surface area contributed by atoms with Crippen LogP contribution in [0.2, 0.25) is 0 Å². The number of benzene rings is 1. The van der Waals surface area contributed by atoms with Gasteiger partial charge in [0.05, 0.1) is 5.56 Å². The van der Waals surface area contributed by atoms with E-state index >= 15 is 0 Å². The zero-order valence-electron chi connectivity index (χ0n) is 10.3. The first kappa shape index (κ1) is 12.6. The number of hydrogen-bond donors (Lipinski definition) is 1. The number of carboxylic acid groups (broad SMARTS) is 1. The second-order valence-corrected chi connectivity index (χ2v) is 4.18. The number of rotatable bonds is 4. The molecule has 1 aromatic rings. The molecular weight excluding hydrogens is 202 g/mol. The predicted octanol–water partition coefficient (Wildman–Crippen LogP) is 2.93. The lowest BCUT2D eigenvalue weighted by molar-refractivity contribution is 0.0696. The summed E-state index contributed by atoms with van der Waals surface area (Å²) in [5.74, 6) is -0.864. The molecule has 0 saturated heterocycles. The molecule has 88 valence electrons. The molecule has 0 fully saturated rings. The molecule has 0 heterocycles. The standard InChI is InChI=1S/C13H19NO2/c1-5-14(9(2)3)11-6-7-12(13(15)16)10(4)8-11/h6-9H,5H2,1-4H3,(H,15,16). The van der Waals surface area contributed by atoms with Gasteiger partial charge in [-0.05, 0) is 51.5 Å². The van der Waals surface area contributed by atoms with Crippen molar-refractivity contribution in [1.82, 2.24) is 0 Å². The van der Waals surface area contributed by atoms with Gasteiger partial charge in [0.1, 0.15) is 0 Å². The second-order valence-electron chi connectivity index (χ2n) is 4.18. The molecule has 0 unspecified atom stereocenters. The number of carbonyl (C=O) groups is 1. The van der Waals surface area contributed by atoms with E-state index in [9.17, 15) is 4.79 Å². The van der Waals surface area contributed by atoms with Crippen LogP contribution >= 0.6 is 0 Å². The number of hydrogen-bond acceptors (Lipinski definition) is 2. The van der Waals surface area contributed by atoms with Gasteiger partial charge in [0.2, 0.25) is 0 Å². The summed E-state index contributed by atoms with van der Waals surface area (Å²) in [6.45, 7) is 9.11. The van der Waals surface area contributed by atoms with E-state index in [2.05, 4.69) is 25.7 Å². The van der Waals surface area contributed by atoms with E-state index in [1.54, 1.807) is 6.07 Å². The Labute approximate surface area is 96.7 Å². The van der Waals surface area contributed by atoms with E-state index in [4.69, 9.17) is 5.11 Å². The molecule has 1 aromatic carbocycles. The van der Waals surface area contributed by atoms with Crippen LogP contribution in [0.1, 0.15) is 36.7 Å². The fraction of sp³-hybridized carbons (Fsp3) is 0.462. The van der Waals surface area contributed by atoms with Gasteiger partial charge in [0, 0.05) is 18.3 Å². The Bertz CT molecular complexity index is 386. The van der Waals surface area contributed by atoms with Crippen LogP contribution in [0, 0.1) is 6.92 Å². The van der Waals surface area contributed by atoms with Crippen LogP contribution in [0.3, 0.4) is 0 Å². The second kappa shape index (κ2) is 5.01. The van der Waals surface area contributed by atoms with Crippen LogP contribution in [0.4, 0.5) is 5.69 Å². The monoisotopic (exact) mass is 221 g/mol. The molecule has 1 N–H and O–H groups in total. The van der Waals surface area contributed by atoms with Crippen LogP contribution in [0.25, 0.3) is 0 Å². The van der Waals surface area contributed by atoms with E-state index in [0.29, 0.717) is 11.6 Å². The lowest BCUT2D eigenvalue weighted by Crippen LogP contribution is -2.30. The first-order chi connectivity index (χ1) is 7.47. The van der Waals surface area contributed by atoms with Crippen molar-refractivity contribution < 1.29 is 9.90 Å². The zero-order valence-corrected chi connectivity index (χ0v) is 10.3. The number of carboxylic acids is 1. The first-order valence-corrected chi connectivity index (χ1v) is 5.58. The summed E-state index contributed by atoms with van der Waals surface area (Å²) >= 11 is 0. The number of nitrogens with zero attached hydrogens (tertiary/aromatic N) is 1. The summed E-state index contributed by atoms with van der Waals surface area (Å²) in [7, 11) is 0. The summed E-state index contributed by atoms with van der Waals surface area (Å²) in [5, 5.41) is 8.95. The summed E-state index contributed by atoms with van der Waals surface area (Å²) in [6.07, 6.45) is 0. The molecule has 1 rings (SSSR count). The molecule has 3 heteroatoms. The van der Waals surface area contributed by atoms with Gasteiger partial charge in [-0.3, -0.25) is 0 Å². The molecule has 0 saturated carbocycles. The summed E-state index contributed by atoms with van der Waals surface area (Å²) in [6, 6.07) is 5.91. The third-order valence-electron chi connectivity index (χ3n) is 2.74. The van der Waals surface area contributed by atoms with Crippen LogP contribution in [-0.4, -0.2) is 23.7 Å². The predicted molar refractivity (Wildman–Crippen MR) is 66.3 cm³/mol. The lowest BCUT2D eigenvalue weighted by Gasteiger charge is -2.28. The molecule has 3 nitrogen and oxygen atoms in total. The Morgan fingerprint density at radius 1 is 1.44 bits per heavy atom. The van der Waals surface area contributed by atoms with E-state index in [1.165, 1.54) is 0 Å². The molecule has 0 amide bonds. The Kier molecular flexibility index (Phi) is 3.93. The van der Waals surface area contributed by atoms with Crippen LogP contribution < -0.4 is 4.90 Å². The topological polar surface area (TPSA) is 40.5 Å². The Balaban J connectivity index is 3.09. The van der Waals surface area contributed by atoms with Gasteiger partial charge in [-0.1, -0.05) is 0 Å². The summed E-state index contributed by atoms with van der Waals surface area (Å²) < 4.78 is 0. The molecule has 0 bridgehead atoms. The minimum Gasteiger partial charge on any atom is -0.478 e. The van der Waals surface area contributed by atoms with E-state index in [1.807, 2.05) is 19.1 Å². The van der Waals surface area contributed by atoms with Crippen LogP contribution in [0.5, 0.6) is 0 Å². The van der Waals surface area contributed by atoms with E-state index in [-0.39, 0.29) is 0 Å². The molecule has 0 aliphatic heterocycles. The highest BCUT2D eigenvalue weighted by atomic mass is 16.4. The highest BCUT2D eigenvalue weighted by Crippen LogP contribution is 2.21. The Hall–Kier alpha value is -1.51. The van der Waals surface area contributed by atoms with Gasteiger partial charge in [-0.2, -0.15) is 0 Å². The fourth-order valence-corrected chi connectivity index (χ4v) is 1.91. The Morgan fingerprint density at radius 2 is 2.06 bits per heavy atom. The van der Waals surface area contributed by atoms with Crippen molar-refractivity contribution >= 4 is 11.7 Å². The molecule has 0 spiro atoms. The van der Waals surface area contributed by atoms with Crippen molar-refractivity contribution in [3.63, 3.8) is 0 Å². The highest BCUT2D eigenvalue weighted by molar-refractivity contribution is 5.89. The van der Waals surface area contributed by atoms with E-state index < -0.39 is 5.97 Å². The van der Waals surface area contributed by atoms with Gasteiger partial charge < -0.3 is 10.0 Å². The number of aromatic carboxylic acids is 1. The molecule has 0 aromatic heterocycles. The largest absolute Gasteiger partial charge is 0.478 e. The quantitative estimate of drug-likeness (QED) is 0.849. The first-order valence-electron chi connectivity index (χ1n) is 5.58. The molecule has 0 aliphatic carbocycles.